The molecule has 1 saturated carbocycles. The molecule has 0 amide bonds. The Kier molecular flexibility index (Phi) is 2.74. The number of anilines is 1. The summed E-state index contributed by atoms with van der Waals surface area (Å²) in [5.74, 6) is 1.14. The third-order valence-electron chi connectivity index (χ3n) is 3.72. The number of fused-ring (bicyclic) bond motifs is 1. The first-order valence-corrected chi connectivity index (χ1v) is 7.27. The largest absolute Gasteiger partial charge is 0.370 e. The van der Waals surface area contributed by atoms with Crippen molar-refractivity contribution in [3.8, 4) is 0 Å². The van der Waals surface area contributed by atoms with Crippen LogP contribution >= 0.6 is 11.8 Å². The summed E-state index contributed by atoms with van der Waals surface area (Å²) in [6.45, 7) is 1.05. The molecular formula is C13H17N3S. The zero-order valence-corrected chi connectivity index (χ0v) is 10.8. The summed E-state index contributed by atoms with van der Waals surface area (Å²) >= 11 is 2.00. The monoisotopic (exact) mass is 247 g/mol. The summed E-state index contributed by atoms with van der Waals surface area (Å²) in [4.78, 5) is 4.30. The smallest absolute Gasteiger partial charge is 0.138 e. The van der Waals surface area contributed by atoms with Gasteiger partial charge in [0.05, 0.1) is 0 Å². The molecule has 1 aliphatic rings. The van der Waals surface area contributed by atoms with Crippen LogP contribution in [0.5, 0.6) is 0 Å². The number of thioether (sulfide) groups is 1. The molecule has 0 unspecified atom stereocenters. The molecule has 2 heterocycles. The maximum absolute atomic E-state index is 4.30. The number of nitrogens with zero attached hydrogens (tertiary/aromatic N) is 2. The Balaban J connectivity index is 1.78. The first kappa shape index (κ1) is 11.0. The van der Waals surface area contributed by atoms with E-state index >= 15 is 0 Å². The number of nitrogens with one attached hydrogen (secondary N) is 1. The SMILES string of the molecule is CSC1(CNc2cccc3nccn23)CCC1. The van der Waals surface area contributed by atoms with Crippen molar-refractivity contribution in [1.82, 2.24) is 9.38 Å². The Hall–Kier alpha value is -1.16. The van der Waals surface area contributed by atoms with Crippen molar-refractivity contribution >= 4 is 23.2 Å². The van der Waals surface area contributed by atoms with Crippen LogP contribution in [-0.4, -0.2) is 26.9 Å². The highest BCUT2D eigenvalue weighted by atomic mass is 32.2. The van der Waals surface area contributed by atoms with Crippen molar-refractivity contribution < 1.29 is 0 Å². The second kappa shape index (κ2) is 4.26. The van der Waals surface area contributed by atoms with E-state index in [9.17, 15) is 0 Å². The average molecular weight is 247 g/mol. The zero-order chi connectivity index (χ0) is 11.7. The molecule has 3 rings (SSSR count). The van der Waals surface area contributed by atoms with Crippen LogP contribution < -0.4 is 5.32 Å². The first-order chi connectivity index (χ1) is 8.33. The molecule has 90 valence electrons. The highest BCUT2D eigenvalue weighted by Gasteiger charge is 2.35. The van der Waals surface area contributed by atoms with E-state index in [1.807, 2.05) is 30.2 Å². The van der Waals surface area contributed by atoms with Crippen molar-refractivity contribution in [3.63, 3.8) is 0 Å². The molecule has 0 radical (unpaired) electrons. The van der Waals surface area contributed by atoms with Crippen molar-refractivity contribution in [1.29, 1.82) is 0 Å². The van der Waals surface area contributed by atoms with E-state index in [0.717, 1.165) is 18.0 Å². The maximum Gasteiger partial charge on any atom is 0.138 e. The van der Waals surface area contributed by atoms with Crippen LogP contribution in [0, 0.1) is 0 Å². The van der Waals surface area contributed by atoms with Gasteiger partial charge in [-0.1, -0.05) is 12.5 Å². The maximum atomic E-state index is 4.30. The fourth-order valence-electron chi connectivity index (χ4n) is 2.37. The third-order valence-corrected chi connectivity index (χ3v) is 5.14. The van der Waals surface area contributed by atoms with Gasteiger partial charge in [0.25, 0.3) is 0 Å². The van der Waals surface area contributed by atoms with E-state index in [2.05, 4.69) is 33.1 Å². The Bertz CT molecular complexity index is 511. The van der Waals surface area contributed by atoms with Crippen LogP contribution in [-0.2, 0) is 0 Å². The molecule has 2 aromatic rings. The topological polar surface area (TPSA) is 29.3 Å². The number of hydrogen-bond acceptors (Lipinski definition) is 3. The van der Waals surface area contributed by atoms with Crippen molar-refractivity contribution in [3.05, 3.63) is 30.6 Å². The van der Waals surface area contributed by atoms with E-state index in [0.29, 0.717) is 4.75 Å². The second-order valence-corrected chi connectivity index (χ2v) is 5.93. The molecule has 0 spiro atoms. The number of pyridine rings is 1. The summed E-state index contributed by atoms with van der Waals surface area (Å²) in [7, 11) is 0. The van der Waals surface area contributed by atoms with Gasteiger partial charge in [-0.05, 0) is 31.2 Å². The zero-order valence-electron chi connectivity index (χ0n) is 10.0. The molecule has 1 aliphatic carbocycles. The minimum absolute atomic E-state index is 0.461. The van der Waals surface area contributed by atoms with Gasteiger partial charge in [-0.25, -0.2) is 4.98 Å². The standard InChI is InChI=1S/C13H17N3S/c1-17-13(6-3-7-13)10-15-12-5-2-4-11-14-8-9-16(11)12/h2,4-5,8-9,15H,3,6-7,10H2,1H3. The summed E-state index contributed by atoms with van der Waals surface area (Å²) in [5.41, 5.74) is 1.00. The number of aromatic nitrogens is 2. The van der Waals surface area contributed by atoms with E-state index < -0.39 is 0 Å². The van der Waals surface area contributed by atoms with Crippen LogP contribution in [0.25, 0.3) is 5.65 Å². The lowest BCUT2D eigenvalue weighted by Crippen LogP contribution is -2.40. The average Bonchev–Trinajstić information content (AvgIpc) is 2.77. The Morgan fingerprint density at radius 2 is 2.35 bits per heavy atom. The summed E-state index contributed by atoms with van der Waals surface area (Å²) < 4.78 is 2.56. The summed E-state index contributed by atoms with van der Waals surface area (Å²) in [6, 6.07) is 6.19. The molecule has 0 bridgehead atoms. The van der Waals surface area contributed by atoms with Gasteiger partial charge in [0.1, 0.15) is 11.5 Å². The van der Waals surface area contributed by atoms with Crippen molar-refractivity contribution in [2.24, 2.45) is 0 Å². The Labute approximate surface area is 106 Å². The highest BCUT2D eigenvalue weighted by Crippen LogP contribution is 2.42. The first-order valence-electron chi connectivity index (χ1n) is 6.04. The Morgan fingerprint density at radius 3 is 3.06 bits per heavy atom. The lowest BCUT2D eigenvalue weighted by Gasteiger charge is -2.40. The van der Waals surface area contributed by atoms with E-state index in [4.69, 9.17) is 0 Å². The molecule has 2 aromatic heterocycles. The fraction of sp³-hybridized carbons (Fsp3) is 0.462. The van der Waals surface area contributed by atoms with Crippen LogP contribution in [0.4, 0.5) is 5.82 Å². The molecule has 4 heteroatoms. The number of imidazole rings is 1. The van der Waals surface area contributed by atoms with Crippen LogP contribution in [0.3, 0.4) is 0 Å². The lowest BCUT2D eigenvalue weighted by molar-refractivity contribution is 0.379. The van der Waals surface area contributed by atoms with Gasteiger partial charge in [-0.15, -0.1) is 0 Å². The van der Waals surface area contributed by atoms with Gasteiger partial charge in [0.2, 0.25) is 0 Å². The Morgan fingerprint density at radius 1 is 1.47 bits per heavy atom. The minimum Gasteiger partial charge on any atom is -0.370 e. The molecule has 1 N–H and O–H groups in total. The number of rotatable bonds is 4. The van der Waals surface area contributed by atoms with Crippen molar-refractivity contribution in [2.75, 3.05) is 18.1 Å². The van der Waals surface area contributed by atoms with Gasteiger partial charge in [0.15, 0.2) is 0 Å². The molecule has 1 fully saturated rings. The normalized spacial score (nSPS) is 17.9. The molecule has 17 heavy (non-hydrogen) atoms. The molecule has 3 nitrogen and oxygen atoms in total. The van der Waals surface area contributed by atoms with E-state index in [1.165, 1.54) is 19.3 Å². The predicted molar refractivity (Wildman–Crippen MR) is 73.8 cm³/mol. The molecule has 0 aromatic carbocycles. The summed E-state index contributed by atoms with van der Waals surface area (Å²) in [5, 5.41) is 3.57. The molecule has 0 atom stereocenters. The van der Waals surface area contributed by atoms with Gasteiger partial charge in [0, 0.05) is 23.7 Å². The van der Waals surface area contributed by atoms with E-state index in [1.54, 1.807) is 0 Å². The molecule has 0 aliphatic heterocycles. The summed E-state index contributed by atoms with van der Waals surface area (Å²) in [6.07, 6.45) is 10.1. The quantitative estimate of drug-likeness (QED) is 0.900. The van der Waals surface area contributed by atoms with E-state index in [-0.39, 0.29) is 0 Å². The third kappa shape index (κ3) is 1.90. The van der Waals surface area contributed by atoms with Crippen LogP contribution in [0.15, 0.2) is 30.6 Å². The number of hydrogen-bond donors (Lipinski definition) is 1. The van der Waals surface area contributed by atoms with Gasteiger partial charge < -0.3 is 5.32 Å². The van der Waals surface area contributed by atoms with Crippen LogP contribution in [0.1, 0.15) is 19.3 Å². The van der Waals surface area contributed by atoms with Gasteiger partial charge in [-0.2, -0.15) is 11.8 Å². The van der Waals surface area contributed by atoms with Crippen molar-refractivity contribution in [2.45, 2.75) is 24.0 Å². The fourth-order valence-corrected chi connectivity index (χ4v) is 3.28. The highest BCUT2D eigenvalue weighted by molar-refractivity contribution is 8.00. The van der Waals surface area contributed by atoms with Gasteiger partial charge in [-0.3, -0.25) is 4.40 Å². The second-order valence-electron chi connectivity index (χ2n) is 4.66. The van der Waals surface area contributed by atoms with Gasteiger partial charge >= 0.3 is 0 Å². The lowest BCUT2D eigenvalue weighted by atomic mass is 9.84. The molecule has 0 saturated heterocycles. The van der Waals surface area contributed by atoms with Crippen LogP contribution in [0.2, 0.25) is 0 Å². The molecular weight excluding hydrogens is 230 g/mol. The minimum atomic E-state index is 0.461. The predicted octanol–water partition coefficient (Wildman–Crippen LogP) is 3.03.